The maximum Gasteiger partial charge on any atom is 0.253 e. The number of hydrogen-bond acceptors (Lipinski definition) is 4. The van der Waals surface area contributed by atoms with E-state index in [1.807, 2.05) is 30.0 Å². The van der Waals surface area contributed by atoms with E-state index in [1.54, 1.807) is 17.9 Å². The van der Waals surface area contributed by atoms with Gasteiger partial charge >= 0.3 is 0 Å². The molecule has 1 fully saturated rings. The van der Waals surface area contributed by atoms with Crippen LogP contribution >= 0.6 is 0 Å². The maximum atomic E-state index is 12.7. The molecule has 1 aromatic heterocycles. The van der Waals surface area contributed by atoms with Gasteiger partial charge in [0.1, 0.15) is 12.7 Å². The average Bonchev–Trinajstić information content (AvgIpc) is 3.08. The zero-order valence-corrected chi connectivity index (χ0v) is 13.5. The van der Waals surface area contributed by atoms with Crippen molar-refractivity contribution in [2.45, 2.75) is 32.8 Å². The number of benzene rings is 1. The Labute approximate surface area is 135 Å². The Bertz CT molecular complexity index is 682. The van der Waals surface area contributed by atoms with Crippen LogP contribution in [0.25, 0.3) is 5.69 Å². The second-order valence-electron chi connectivity index (χ2n) is 6.24. The molecule has 2 unspecified atom stereocenters. The number of nitrogens with zero attached hydrogens (tertiary/aromatic N) is 4. The number of rotatable bonds is 3. The van der Waals surface area contributed by atoms with Crippen molar-refractivity contribution in [1.82, 2.24) is 19.7 Å². The molecule has 3 rings (SSSR count). The van der Waals surface area contributed by atoms with E-state index in [1.165, 1.54) is 6.33 Å². The smallest absolute Gasteiger partial charge is 0.253 e. The van der Waals surface area contributed by atoms with E-state index >= 15 is 0 Å². The minimum absolute atomic E-state index is 0.0311. The van der Waals surface area contributed by atoms with Crippen LogP contribution in [-0.4, -0.2) is 49.9 Å². The second kappa shape index (κ2) is 6.50. The summed E-state index contributed by atoms with van der Waals surface area (Å²) in [4.78, 5) is 18.5. The number of aliphatic hydroxyl groups is 1. The molecule has 1 aromatic carbocycles. The van der Waals surface area contributed by atoms with Gasteiger partial charge in [-0.15, -0.1) is 0 Å². The molecule has 1 aliphatic rings. The molecule has 6 heteroatoms. The summed E-state index contributed by atoms with van der Waals surface area (Å²) >= 11 is 0. The molecule has 2 aromatic rings. The molecule has 2 heterocycles. The molecule has 1 saturated heterocycles. The van der Waals surface area contributed by atoms with Gasteiger partial charge in [-0.2, -0.15) is 5.10 Å². The first-order valence-corrected chi connectivity index (χ1v) is 7.99. The molecule has 0 spiro atoms. The molecule has 1 aliphatic heterocycles. The minimum atomic E-state index is -0.373. The summed E-state index contributed by atoms with van der Waals surface area (Å²) in [6, 6.07) is 5.62. The van der Waals surface area contributed by atoms with E-state index in [9.17, 15) is 9.90 Å². The van der Waals surface area contributed by atoms with Crippen molar-refractivity contribution >= 4 is 5.91 Å². The molecule has 1 amide bonds. The summed E-state index contributed by atoms with van der Waals surface area (Å²) in [5.41, 5.74) is 2.57. The molecule has 1 N–H and O–H groups in total. The highest BCUT2D eigenvalue weighted by Crippen LogP contribution is 2.22. The molecule has 122 valence electrons. The van der Waals surface area contributed by atoms with Gasteiger partial charge in [-0.25, -0.2) is 9.67 Å². The zero-order chi connectivity index (χ0) is 16.4. The highest BCUT2D eigenvalue weighted by molar-refractivity contribution is 5.94. The first kappa shape index (κ1) is 15.7. The molecule has 2 atom stereocenters. The first-order valence-electron chi connectivity index (χ1n) is 7.99. The van der Waals surface area contributed by atoms with Crippen LogP contribution in [0.2, 0.25) is 0 Å². The quantitative estimate of drug-likeness (QED) is 0.938. The van der Waals surface area contributed by atoms with Gasteiger partial charge in [0.2, 0.25) is 0 Å². The van der Waals surface area contributed by atoms with Crippen LogP contribution < -0.4 is 0 Å². The van der Waals surface area contributed by atoms with E-state index in [2.05, 4.69) is 10.1 Å². The van der Waals surface area contributed by atoms with Crippen LogP contribution in [-0.2, 0) is 0 Å². The number of aliphatic hydroxyl groups excluding tert-OH is 1. The lowest BCUT2D eigenvalue weighted by Gasteiger charge is -2.34. The van der Waals surface area contributed by atoms with Crippen molar-refractivity contribution in [3.05, 3.63) is 42.0 Å². The molecule has 0 radical (unpaired) electrons. The van der Waals surface area contributed by atoms with Gasteiger partial charge in [-0.3, -0.25) is 4.79 Å². The monoisotopic (exact) mass is 314 g/mol. The van der Waals surface area contributed by atoms with Crippen LogP contribution in [0.15, 0.2) is 30.9 Å². The Hall–Kier alpha value is -2.21. The van der Waals surface area contributed by atoms with E-state index in [0.717, 1.165) is 30.6 Å². The van der Waals surface area contributed by atoms with Crippen molar-refractivity contribution < 1.29 is 9.90 Å². The highest BCUT2D eigenvalue weighted by Gasteiger charge is 2.27. The third kappa shape index (κ3) is 3.27. The summed E-state index contributed by atoms with van der Waals surface area (Å²) in [5, 5.41) is 13.9. The summed E-state index contributed by atoms with van der Waals surface area (Å²) < 4.78 is 1.69. The molecule has 0 aliphatic carbocycles. The normalized spacial score (nSPS) is 19.6. The number of aryl methyl sites for hydroxylation is 1. The predicted octanol–water partition coefficient (Wildman–Crippen LogP) is 1.81. The largest absolute Gasteiger partial charge is 0.393 e. The fraction of sp³-hybridized carbons (Fsp3) is 0.471. The Balaban J connectivity index is 1.79. The average molecular weight is 314 g/mol. The lowest BCUT2D eigenvalue weighted by Crippen LogP contribution is -2.42. The molecular formula is C17H22N4O2. The fourth-order valence-electron chi connectivity index (χ4n) is 3.15. The van der Waals surface area contributed by atoms with Crippen molar-refractivity contribution in [3.63, 3.8) is 0 Å². The van der Waals surface area contributed by atoms with Crippen LogP contribution in [0.5, 0.6) is 0 Å². The number of amides is 1. The maximum absolute atomic E-state index is 12.7. The third-order valence-corrected chi connectivity index (χ3v) is 4.54. The van der Waals surface area contributed by atoms with Crippen LogP contribution in [0.4, 0.5) is 0 Å². The highest BCUT2D eigenvalue weighted by atomic mass is 16.3. The Morgan fingerprint density at radius 1 is 1.43 bits per heavy atom. The SMILES string of the molecule is Cc1cc(C(=O)N2CCCC(C(C)O)C2)ccc1-n1cncn1. The van der Waals surface area contributed by atoms with E-state index < -0.39 is 0 Å². The van der Waals surface area contributed by atoms with Gasteiger partial charge in [0.05, 0.1) is 11.8 Å². The summed E-state index contributed by atoms with van der Waals surface area (Å²) in [6.45, 7) is 5.14. The number of carbonyl (C=O) groups excluding carboxylic acids is 1. The minimum Gasteiger partial charge on any atom is -0.393 e. The summed E-state index contributed by atoms with van der Waals surface area (Å²) in [6.07, 6.45) is 4.68. The number of likely N-dealkylation sites (tertiary alicyclic amines) is 1. The molecule has 23 heavy (non-hydrogen) atoms. The lowest BCUT2D eigenvalue weighted by molar-refractivity contribution is 0.0466. The zero-order valence-electron chi connectivity index (χ0n) is 13.5. The number of carbonyl (C=O) groups is 1. The predicted molar refractivity (Wildman–Crippen MR) is 86.4 cm³/mol. The van der Waals surface area contributed by atoms with Gasteiger partial charge in [0, 0.05) is 24.6 Å². The van der Waals surface area contributed by atoms with Gasteiger partial charge in [0.15, 0.2) is 0 Å². The summed E-state index contributed by atoms with van der Waals surface area (Å²) in [5.74, 6) is 0.201. The lowest BCUT2D eigenvalue weighted by atomic mass is 9.93. The Morgan fingerprint density at radius 3 is 2.91 bits per heavy atom. The Kier molecular flexibility index (Phi) is 4.43. The summed E-state index contributed by atoms with van der Waals surface area (Å²) in [7, 11) is 0. The van der Waals surface area contributed by atoms with Crippen LogP contribution in [0.3, 0.4) is 0 Å². The van der Waals surface area contributed by atoms with Crippen molar-refractivity contribution in [1.29, 1.82) is 0 Å². The van der Waals surface area contributed by atoms with Crippen LogP contribution in [0.1, 0.15) is 35.7 Å². The molecular weight excluding hydrogens is 292 g/mol. The van der Waals surface area contributed by atoms with E-state index in [-0.39, 0.29) is 17.9 Å². The molecule has 0 saturated carbocycles. The fourth-order valence-corrected chi connectivity index (χ4v) is 3.15. The van der Waals surface area contributed by atoms with Gasteiger partial charge < -0.3 is 10.0 Å². The van der Waals surface area contributed by atoms with Crippen molar-refractivity contribution in [2.24, 2.45) is 5.92 Å². The van der Waals surface area contributed by atoms with E-state index in [4.69, 9.17) is 0 Å². The van der Waals surface area contributed by atoms with Gasteiger partial charge in [-0.1, -0.05) is 0 Å². The standard InChI is InChI=1S/C17H22N4O2/c1-12-8-14(5-6-16(12)21-11-18-10-19-21)17(23)20-7-3-4-15(9-20)13(2)22/h5-6,8,10-11,13,15,22H,3-4,7,9H2,1-2H3. The first-order chi connectivity index (χ1) is 11.1. The topological polar surface area (TPSA) is 71.2 Å². The number of hydrogen-bond donors (Lipinski definition) is 1. The van der Waals surface area contributed by atoms with E-state index in [0.29, 0.717) is 12.1 Å². The van der Waals surface area contributed by atoms with Gasteiger partial charge in [0.25, 0.3) is 5.91 Å². The Morgan fingerprint density at radius 2 is 2.26 bits per heavy atom. The van der Waals surface area contributed by atoms with Crippen molar-refractivity contribution in [2.75, 3.05) is 13.1 Å². The molecule has 6 nitrogen and oxygen atoms in total. The second-order valence-corrected chi connectivity index (χ2v) is 6.24. The van der Waals surface area contributed by atoms with Crippen molar-refractivity contribution in [3.8, 4) is 5.69 Å². The van der Waals surface area contributed by atoms with Gasteiger partial charge in [-0.05, 0) is 50.5 Å². The number of aromatic nitrogens is 3. The third-order valence-electron chi connectivity index (χ3n) is 4.54. The molecule has 0 bridgehead atoms. The number of piperidine rings is 1. The van der Waals surface area contributed by atoms with Crippen LogP contribution in [0, 0.1) is 12.8 Å².